The number of esters is 2. The number of pyridine rings is 1. The number of ether oxygens (including phenoxy) is 3. The van der Waals surface area contributed by atoms with Gasteiger partial charge in [0.25, 0.3) is 0 Å². The fraction of sp³-hybridized carbons (Fsp3) is 0.560. The number of hydrogen-bond donors (Lipinski definition) is 11. The summed E-state index contributed by atoms with van der Waals surface area (Å²) in [6.07, 6.45) is 31.1. The third-order valence-electron chi connectivity index (χ3n) is 25.9. The molecule has 19 atom stereocenters. The second-order valence-electron chi connectivity index (χ2n) is 38.4. The molecule has 1 saturated heterocycles. The number of aliphatic carboxylic acids is 1. The molecule has 23 nitrogen and oxygen atoms in total. The molecule has 6 aliphatic rings. The smallest absolute Gasteiger partial charge is 0.335 e. The Kier molecular flexibility index (Phi) is 48.3. The average Bonchev–Trinajstić information content (AvgIpc) is 1.68. The highest BCUT2D eigenvalue weighted by atomic mass is 35.5. The van der Waals surface area contributed by atoms with Crippen LogP contribution in [0.5, 0.6) is 0 Å². The molecule has 754 valence electrons. The minimum absolute atomic E-state index is 0.0343. The fourth-order valence-corrected chi connectivity index (χ4v) is 18.5. The fourth-order valence-electron chi connectivity index (χ4n) is 18.0. The van der Waals surface area contributed by atoms with E-state index in [9.17, 15) is 82.6 Å². The Hall–Kier alpha value is -8.58. The Bertz CT molecular complexity index is 5170. The molecule has 137 heavy (non-hydrogen) atoms. The molecule has 12 rings (SSSR count). The second-order valence-corrected chi connectivity index (χ2v) is 40.1. The van der Waals surface area contributed by atoms with E-state index in [1.54, 1.807) is 48.6 Å². The van der Waals surface area contributed by atoms with Gasteiger partial charge in [-0.05, 0) is 217 Å². The monoisotopic (exact) mass is 1960 g/mol. The molecular formula is C109H150Cl2F2N4O19S. The molecule has 17 unspecified atom stereocenters. The van der Waals surface area contributed by atoms with E-state index in [0.717, 1.165) is 138 Å². The number of aromatic nitrogens is 3. The first-order valence-electron chi connectivity index (χ1n) is 48.9. The van der Waals surface area contributed by atoms with Crippen LogP contribution in [-0.2, 0) is 45.5 Å². The predicted octanol–water partition coefficient (Wildman–Crippen LogP) is 21.0. The van der Waals surface area contributed by atoms with Crippen molar-refractivity contribution in [1.29, 1.82) is 0 Å². The quantitative estimate of drug-likeness (QED) is 0.0127. The number of fused-ring (bicyclic) bond motifs is 3. The Morgan fingerprint density at radius 2 is 1.20 bits per heavy atom. The largest absolute Gasteiger partial charge is 0.495 e. The van der Waals surface area contributed by atoms with E-state index < -0.39 is 70.9 Å². The van der Waals surface area contributed by atoms with Gasteiger partial charge in [-0.25, -0.2) is 23.5 Å². The lowest BCUT2D eigenvalue weighted by Crippen LogP contribution is -2.43. The van der Waals surface area contributed by atoms with Gasteiger partial charge in [0.1, 0.15) is 35.8 Å². The maximum Gasteiger partial charge on any atom is 0.335 e. The number of benzene rings is 4. The normalized spacial score (nSPS) is 22.5. The summed E-state index contributed by atoms with van der Waals surface area (Å²) in [5, 5.41) is 111. The standard InChI is InChI=1S/C25H26FNO2.C23H34O4.C22H36O5.C21H27FN2O2.C17H24Cl2O4.CH3NO2S/c1-2-19(28)15-20(29)13-14-22-24(16-9-11-18(26)12-10-16)21-5-3-4-6-23(21)27-25(22)17-7-8-17;1-14(2)23(25)27-21-7-5-6-17-9-8-15(3)20(22(17)21)11-10-19-13-18(24)12-16(4)26-19;1-5-16(23)11-17(24)8-9-19-14(4)6-7-15-10-18(25)12-20(21(15)19)27-22(26)13(2)3;1-5-17(25)12-18(26)10-11-19-20(13(2)3)23-14(4)24-21(19)15-6-8-16(22)9-7-15;1-17(23,16(21)22)11-14(20)7-5-3-2-4-6-12-8-9-13(18)10-15(12)19;1-2-5(3)4/h3-6,9-14,17,19-20,28-29H,2,7-8,15H2,1H3;6,8-9,14-15,18-22,24H,4-5,7,10-13H2,1-3H3;6-7,10,13-14,16-21,23-25H,5,8-9,11-12H2,1-4H3;6-11,13,17-18,25-26H,5,12H2,1-4H3;8-10,14,20,23H,2-7,11H2,1H3,(H,21,22);1H3/b14-13+;;;11-10+;;/t;;;;14-,17+;/m....0./s1. The molecule has 4 aromatic carbocycles. The molecule has 1 saturated carbocycles. The van der Waals surface area contributed by atoms with Crippen molar-refractivity contribution >= 4 is 74.7 Å². The van der Waals surface area contributed by atoms with Crippen molar-refractivity contribution in [2.45, 2.75) is 335 Å². The number of aliphatic hydroxyl groups excluding tert-OH is 9. The van der Waals surface area contributed by atoms with E-state index in [-0.39, 0.29) is 96.3 Å². The van der Waals surface area contributed by atoms with Gasteiger partial charge in [-0.3, -0.25) is 14.6 Å². The van der Waals surface area contributed by atoms with Crippen LogP contribution in [0.3, 0.4) is 0 Å². The van der Waals surface area contributed by atoms with Gasteiger partial charge in [0.2, 0.25) is 0 Å². The number of halogens is 4. The average molecular weight is 1960 g/mol. The first-order chi connectivity index (χ1) is 64.9. The van der Waals surface area contributed by atoms with Crippen LogP contribution in [0.2, 0.25) is 10.0 Å². The number of carbonyl (C=O) groups is 3. The van der Waals surface area contributed by atoms with Gasteiger partial charge >= 0.3 is 28.4 Å². The molecule has 11 N–H and O–H groups in total. The Balaban J connectivity index is 0.000000231. The number of aryl methyl sites for hydroxylation is 2. The van der Waals surface area contributed by atoms with E-state index in [4.69, 9.17) is 47.5 Å². The maximum atomic E-state index is 13.6. The summed E-state index contributed by atoms with van der Waals surface area (Å²) in [7, 11) is -0.986. The summed E-state index contributed by atoms with van der Waals surface area (Å²) in [6.45, 7) is 28.5. The number of carboxylic acid groups (broad SMARTS) is 1. The highest BCUT2D eigenvalue weighted by Gasteiger charge is 2.44. The van der Waals surface area contributed by atoms with E-state index >= 15 is 0 Å². The molecule has 6 aromatic rings. The van der Waals surface area contributed by atoms with E-state index in [1.165, 1.54) is 43.8 Å². The van der Waals surface area contributed by atoms with Crippen molar-refractivity contribution in [2.75, 3.05) is 7.05 Å². The minimum atomic E-state index is -2.20. The van der Waals surface area contributed by atoms with Crippen LogP contribution in [0.15, 0.2) is 167 Å². The van der Waals surface area contributed by atoms with Gasteiger partial charge in [0, 0.05) is 101 Å². The summed E-state index contributed by atoms with van der Waals surface area (Å²) in [5.74, 6) is 1.08. The van der Waals surface area contributed by atoms with Crippen LogP contribution in [0, 0.1) is 65.9 Å². The lowest BCUT2D eigenvalue weighted by molar-refractivity contribution is -0.160. The van der Waals surface area contributed by atoms with Crippen molar-refractivity contribution in [3.63, 3.8) is 0 Å². The molecular weight excluding hydrogens is 1810 g/mol. The third-order valence-corrected chi connectivity index (χ3v) is 26.8. The van der Waals surface area contributed by atoms with Gasteiger partial charge in [-0.15, -0.1) is 0 Å². The zero-order valence-corrected chi connectivity index (χ0v) is 84.5. The predicted molar refractivity (Wildman–Crippen MR) is 537 cm³/mol. The Morgan fingerprint density at radius 3 is 1.76 bits per heavy atom. The van der Waals surface area contributed by atoms with Crippen molar-refractivity contribution in [3.8, 4) is 22.4 Å². The minimum Gasteiger partial charge on any atom is -0.495 e. The van der Waals surface area contributed by atoms with Crippen molar-refractivity contribution in [1.82, 2.24) is 15.0 Å². The highest BCUT2D eigenvalue weighted by molar-refractivity contribution is 7.61. The maximum absolute atomic E-state index is 13.6. The number of para-hydroxylation sites is 1. The third kappa shape index (κ3) is 37.8. The zero-order valence-electron chi connectivity index (χ0n) is 82.2. The first-order valence-corrected chi connectivity index (χ1v) is 50.7. The van der Waals surface area contributed by atoms with Crippen LogP contribution in [0.25, 0.3) is 45.4 Å². The topological polar surface area (TPSA) is 387 Å². The molecule has 0 radical (unpaired) electrons. The van der Waals surface area contributed by atoms with Crippen molar-refractivity contribution in [3.05, 3.63) is 219 Å². The van der Waals surface area contributed by atoms with Crippen LogP contribution in [0.1, 0.15) is 277 Å². The molecule has 1 aliphatic heterocycles. The molecule has 0 spiro atoms. The number of rotatable bonds is 37. The highest BCUT2D eigenvalue weighted by Crippen LogP contribution is 2.49. The zero-order chi connectivity index (χ0) is 101. The molecule has 0 amide bonds. The summed E-state index contributed by atoms with van der Waals surface area (Å²) in [5.41, 5.74) is 9.60. The van der Waals surface area contributed by atoms with E-state index in [0.29, 0.717) is 115 Å². The van der Waals surface area contributed by atoms with Gasteiger partial charge in [-0.2, -0.15) is 12.8 Å². The van der Waals surface area contributed by atoms with E-state index in [1.807, 2.05) is 124 Å². The molecule has 3 heterocycles. The Labute approximate surface area is 821 Å². The number of nitrogens with zero attached hydrogens (tertiary/aromatic N) is 4. The number of carboxylic acids is 1. The summed E-state index contributed by atoms with van der Waals surface area (Å²) in [4.78, 5) is 49.3. The van der Waals surface area contributed by atoms with Crippen LogP contribution >= 0.6 is 23.2 Å². The summed E-state index contributed by atoms with van der Waals surface area (Å²) in [6, 6.07) is 26.2. The van der Waals surface area contributed by atoms with Crippen LogP contribution in [-0.4, -0.2) is 183 Å². The van der Waals surface area contributed by atoms with Gasteiger partial charge < -0.3 is 70.4 Å². The SMILES string of the molecule is C=C1CC(O)CC(CCC2C(C)C=CC3=CCCC(OC(=O)C(C)C)C32)O1.CCC(O)CC(O)/C=C/c1c(-c2ccc(F)cc2)nc(C)nc1C(C)C.CCC(O)CC(O)/C=C/c1c(C2CC2)nc2ccccc2c1-c1ccc(F)cc1.CCC(O)CC(O)CCC1C(C)C=CC2=CC(O)CC(OC(=O)C(C)C)C21.CN=S(=O)=O.C[C@@](O)(C[C@@H](O)CCCCCCc1ccc(Cl)cc1Cl)C(=O)O. The number of hydrogen-bond acceptors (Lipinski definition) is 22. The van der Waals surface area contributed by atoms with Crippen molar-refractivity contribution < 1.29 is 102 Å². The molecule has 0 bridgehead atoms. The number of allylic oxidation sites excluding steroid dienone is 5. The number of aliphatic hydroxyl groups is 10. The lowest BCUT2D eigenvalue weighted by Gasteiger charge is -2.43. The van der Waals surface area contributed by atoms with E-state index in [2.05, 4.69) is 59.1 Å². The first kappa shape index (κ1) is 115. The van der Waals surface area contributed by atoms with Gasteiger partial charge in [-0.1, -0.05) is 222 Å². The van der Waals surface area contributed by atoms with Gasteiger partial charge in [0.15, 0.2) is 5.60 Å². The lowest BCUT2D eigenvalue weighted by atomic mass is 9.66. The van der Waals surface area contributed by atoms with Crippen molar-refractivity contribution in [2.24, 2.45) is 51.7 Å². The number of carbonyl (C=O) groups excluding carboxylic acids is 2. The molecule has 28 heteroatoms. The second kappa shape index (κ2) is 57.4. The molecule has 5 aliphatic carbocycles. The van der Waals surface area contributed by atoms with Crippen LogP contribution in [0.4, 0.5) is 8.78 Å². The van der Waals surface area contributed by atoms with Crippen LogP contribution < -0.4 is 0 Å². The number of unbranched alkanes of at least 4 members (excludes halogenated alkanes) is 3. The summed E-state index contributed by atoms with van der Waals surface area (Å²) >= 11 is 12.0. The van der Waals surface area contributed by atoms with Gasteiger partial charge in [0.05, 0.1) is 95.1 Å². The molecule has 2 aromatic heterocycles. The Morgan fingerprint density at radius 1 is 0.657 bits per heavy atom. The molecule has 2 fully saturated rings. The summed E-state index contributed by atoms with van der Waals surface area (Å²) < 4.78 is 65.6.